The summed E-state index contributed by atoms with van der Waals surface area (Å²) in [4.78, 5) is 32.2. The minimum atomic E-state index is 0.103. The molecule has 2 saturated heterocycles. The van der Waals surface area contributed by atoms with E-state index in [-0.39, 0.29) is 5.91 Å². The summed E-state index contributed by atoms with van der Waals surface area (Å²) in [6, 6.07) is 3.88. The Bertz CT molecular complexity index is 808. The van der Waals surface area contributed by atoms with Crippen LogP contribution in [0.2, 0.25) is 0 Å². The Morgan fingerprint density at radius 2 is 1.59 bits per heavy atom. The number of hydrogen-bond acceptors (Lipinski definition) is 6. The summed E-state index contributed by atoms with van der Waals surface area (Å²) in [5.74, 6) is 2.07. The van der Waals surface area contributed by atoms with Gasteiger partial charge >= 0.3 is 0 Å². The molecule has 27 heavy (non-hydrogen) atoms. The summed E-state index contributed by atoms with van der Waals surface area (Å²) >= 11 is 0. The van der Waals surface area contributed by atoms with Gasteiger partial charge in [0.25, 0.3) is 5.91 Å². The maximum absolute atomic E-state index is 12.4. The molecule has 2 aromatic rings. The highest BCUT2D eigenvalue weighted by molar-refractivity contribution is 5.94. The number of nitrogens with zero attached hydrogens (tertiary/aromatic N) is 6. The first kappa shape index (κ1) is 17.7. The van der Waals surface area contributed by atoms with E-state index in [4.69, 9.17) is 0 Å². The Kier molecular flexibility index (Phi) is 4.92. The van der Waals surface area contributed by atoms with E-state index in [2.05, 4.69) is 31.7 Å². The van der Waals surface area contributed by atoms with Gasteiger partial charge in [0, 0.05) is 56.7 Å². The fourth-order valence-corrected chi connectivity index (χ4v) is 3.79. The molecule has 0 saturated carbocycles. The molecule has 7 nitrogen and oxygen atoms in total. The third-order valence-electron chi connectivity index (χ3n) is 5.60. The van der Waals surface area contributed by atoms with Crippen molar-refractivity contribution >= 4 is 17.5 Å². The lowest BCUT2D eigenvalue weighted by molar-refractivity contribution is 0.0792. The van der Waals surface area contributed by atoms with E-state index in [0.717, 1.165) is 75.0 Å². The molecular weight excluding hydrogens is 340 g/mol. The number of aromatic nitrogens is 3. The van der Waals surface area contributed by atoms with E-state index >= 15 is 0 Å². The number of amides is 1. The van der Waals surface area contributed by atoms with Crippen molar-refractivity contribution in [3.63, 3.8) is 0 Å². The molecule has 4 heterocycles. The molecule has 0 spiro atoms. The van der Waals surface area contributed by atoms with Crippen molar-refractivity contribution in [1.29, 1.82) is 0 Å². The predicted octanol–water partition coefficient (Wildman–Crippen LogP) is 2.05. The van der Waals surface area contributed by atoms with Crippen molar-refractivity contribution in [3.8, 4) is 0 Å². The van der Waals surface area contributed by atoms with E-state index in [0.29, 0.717) is 5.56 Å². The van der Waals surface area contributed by atoms with Gasteiger partial charge in [-0.25, -0.2) is 15.0 Å². The average molecular weight is 366 g/mol. The number of rotatable bonds is 3. The normalized spacial score (nSPS) is 17.5. The SMILES string of the molecule is Cc1ncnc(N2CCN(c3ccc(C(=O)N4CCCC4)cn3)CC2)c1C. The number of aryl methyl sites for hydroxylation is 1. The first-order valence-corrected chi connectivity index (χ1v) is 9.67. The van der Waals surface area contributed by atoms with Gasteiger partial charge in [0.15, 0.2) is 0 Å². The van der Waals surface area contributed by atoms with Crippen molar-refractivity contribution in [2.45, 2.75) is 26.7 Å². The Morgan fingerprint density at radius 3 is 2.26 bits per heavy atom. The lowest BCUT2D eigenvalue weighted by Crippen LogP contribution is -2.47. The number of piperazine rings is 1. The second kappa shape index (κ2) is 7.50. The maximum Gasteiger partial charge on any atom is 0.255 e. The molecule has 0 unspecified atom stereocenters. The number of carbonyl (C=O) groups is 1. The van der Waals surface area contributed by atoms with Gasteiger partial charge < -0.3 is 14.7 Å². The van der Waals surface area contributed by atoms with Crippen molar-refractivity contribution < 1.29 is 4.79 Å². The van der Waals surface area contributed by atoms with Crippen molar-refractivity contribution in [3.05, 3.63) is 41.5 Å². The molecule has 0 aromatic carbocycles. The van der Waals surface area contributed by atoms with Crippen LogP contribution in [0, 0.1) is 13.8 Å². The zero-order chi connectivity index (χ0) is 18.8. The second-order valence-corrected chi connectivity index (χ2v) is 7.29. The molecule has 2 aromatic heterocycles. The van der Waals surface area contributed by atoms with E-state index in [1.807, 2.05) is 24.0 Å². The minimum Gasteiger partial charge on any atom is -0.353 e. The molecule has 0 atom stereocenters. The summed E-state index contributed by atoms with van der Waals surface area (Å²) in [5.41, 5.74) is 2.86. The predicted molar refractivity (Wildman–Crippen MR) is 105 cm³/mol. The van der Waals surface area contributed by atoms with Gasteiger partial charge in [0.1, 0.15) is 18.0 Å². The molecule has 2 fully saturated rings. The monoisotopic (exact) mass is 366 g/mol. The van der Waals surface area contributed by atoms with Crippen molar-refractivity contribution in [2.24, 2.45) is 0 Å². The summed E-state index contributed by atoms with van der Waals surface area (Å²) in [6.07, 6.45) is 5.57. The fourth-order valence-electron chi connectivity index (χ4n) is 3.79. The van der Waals surface area contributed by atoms with Crippen LogP contribution in [0.1, 0.15) is 34.5 Å². The first-order chi connectivity index (χ1) is 13.1. The van der Waals surface area contributed by atoms with Crippen LogP contribution in [-0.4, -0.2) is 65.0 Å². The average Bonchev–Trinajstić information content (AvgIpc) is 3.25. The molecule has 0 radical (unpaired) electrons. The summed E-state index contributed by atoms with van der Waals surface area (Å²) < 4.78 is 0. The smallest absolute Gasteiger partial charge is 0.255 e. The van der Waals surface area contributed by atoms with Crippen LogP contribution in [-0.2, 0) is 0 Å². The van der Waals surface area contributed by atoms with Gasteiger partial charge in [-0.2, -0.15) is 0 Å². The molecular formula is C20H26N6O. The quantitative estimate of drug-likeness (QED) is 0.828. The molecule has 1 amide bonds. The van der Waals surface area contributed by atoms with Gasteiger partial charge in [-0.1, -0.05) is 0 Å². The molecule has 0 aliphatic carbocycles. The fraction of sp³-hybridized carbons (Fsp3) is 0.500. The molecule has 2 aliphatic heterocycles. The van der Waals surface area contributed by atoms with Crippen LogP contribution in [0.25, 0.3) is 0 Å². The second-order valence-electron chi connectivity index (χ2n) is 7.29. The van der Waals surface area contributed by atoms with Gasteiger partial charge in [0.05, 0.1) is 5.56 Å². The largest absolute Gasteiger partial charge is 0.353 e. The number of hydrogen-bond donors (Lipinski definition) is 0. The third kappa shape index (κ3) is 3.59. The Morgan fingerprint density at radius 1 is 0.889 bits per heavy atom. The van der Waals surface area contributed by atoms with Gasteiger partial charge in [0.2, 0.25) is 0 Å². The molecule has 7 heteroatoms. The van der Waals surface area contributed by atoms with Crippen LogP contribution in [0.4, 0.5) is 11.6 Å². The Hall–Kier alpha value is -2.70. The first-order valence-electron chi connectivity index (χ1n) is 9.67. The Labute approximate surface area is 160 Å². The van der Waals surface area contributed by atoms with Gasteiger partial charge in [-0.3, -0.25) is 4.79 Å². The van der Waals surface area contributed by atoms with Crippen LogP contribution < -0.4 is 9.80 Å². The lowest BCUT2D eigenvalue weighted by Gasteiger charge is -2.36. The van der Waals surface area contributed by atoms with E-state index < -0.39 is 0 Å². The Balaban J connectivity index is 1.39. The van der Waals surface area contributed by atoms with Gasteiger partial charge in [-0.05, 0) is 38.8 Å². The number of carbonyl (C=O) groups excluding carboxylic acids is 1. The molecule has 4 rings (SSSR count). The van der Waals surface area contributed by atoms with Crippen LogP contribution in [0.15, 0.2) is 24.7 Å². The van der Waals surface area contributed by atoms with Crippen molar-refractivity contribution in [2.75, 3.05) is 49.1 Å². The van der Waals surface area contributed by atoms with Crippen molar-refractivity contribution in [1.82, 2.24) is 19.9 Å². The zero-order valence-corrected chi connectivity index (χ0v) is 16.1. The summed E-state index contributed by atoms with van der Waals surface area (Å²) in [7, 11) is 0. The van der Waals surface area contributed by atoms with Gasteiger partial charge in [-0.15, -0.1) is 0 Å². The van der Waals surface area contributed by atoms with E-state index in [9.17, 15) is 4.79 Å². The molecule has 0 bridgehead atoms. The highest BCUT2D eigenvalue weighted by atomic mass is 16.2. The van der Waals surface area contributed by atoms with Crippen LogP contribution in [0.3, 0.4) is 0 Å². The minimum absolute atomic E-state index is 0.103. The highest BCUT2D eigenvalue weighted by Crippen LogP contribution is 2.22. The maximum atomic E-state index is 12.4. The molecule has 2 aliphatic rings. The van der Waals surface area contributed by atoms with E-state index in [1.54, 1.807) is 12.5 Å². The van der Waals surface area contributed by atoms with Crippen LogP contribution in [0.5, 0.6) is 0 Å². The highest BCUT2D eigenvalue weighted by Gasteiger charge is 2.22. The summed E-state index contributed by atoms with van der Waals surface area (Å²) in [6.45, 7) is 9.39. The lowest BCUT2D eigenvalue weighted by atomic mass is 10.2. The number of pyridine rings is 1. The number of likely N-dealkylation sites (tertiary alicyclic amines) is 1. The topological polar surface area (TPSA) is 65.5 Å². The molecule has 0 N–H and O–H groups in total. The molecule has 142 valence electrons. The third-order valence-corrected chi connectivity index (χ3v) is 5.60. The van der Waals surface area contributed by atoms with Crippen LogP contribution >= 0.6 is 0 Å². The number of anilines is 2. The zero-order valence-electron chi connectivity index (χ0n) is 16.1. The summed E-state index contributed by atoms with van der Waals surface area (Å²) in [5, 5.41) is 0. The van der Waals surface area contributed by atoms with E-state index in [1.165, 1.54) is 0 Å². The standard InChI is InChI=1S/C20H26N6O/c1-15-16(2)22-14-23-19(15)25-11-9-24(10-12-25)18-6-5-17(13-21-18)20(27)26-7-3-4-8-26/h5-6,13-14H,3-4,7-12H2,1-2H3.